The zero-order valence-electron chi connectivity index (χ0n) is 13.2. The van der Waals surface area contributed by atoms with Crippen LogP contribution >= 0.6 is 12.4 Å². The highest BCUT2D eigenvalue weighted by Crippen LogP contribution is 2.37. The molecule has 144 valence electrons. The maximum Gasteiger partial charge on any atom is 0.416 e. The van der Waals surface area contributed by atoms with E-state index in [1.54, 1.807) is 30.3 Å². The Morgan fingerprint density at radius 1 is 0.846 bits per heavy atom. The molecule has 0 saturated carbocycles. The van der Waals surface area contributed by atoms with Gasteiger partial charge in [-0.15, -0.1) is 12.4 Å². The van der Waals surface area contributed by atoms with Gasteiger partial charge in [0.2, 0.25) is 0 Å². The van der Waals surface area contributed by atoms with Crippen molar-refractivity contribution >= 4 is 12.4 Å². The Hall–Kier alpha value is -1.77. The maximum absolute atomic E-state index is 12.9. The Morgan fingerprint density at radius 2 is 1.31 bits per heavy atom. The lowest BCUT2D eigenvalue weighted by Gasteiger charge is -2.22. The molecule has 26 heavy (non-hydrogen) atoms. The fourth-order valence-electron chi connectivity index (χ4n) is 2.38. The molecular weight excluding hydrogens is 384 g/mol. The molecule has 0 unspecified atom stereocenters. The quantitative estimate of drug-likeness (QED) is 0.729. The molecule has 0 bridgehead atoms. The average Bonchev–Trinajstić information content (AvgIpc) is 2.53. The zero-order valence-corrected chi connectivity index (χ0v) is 14.0. The molecule has 9 heteroatoms. The van der Waals surface area contributed by atoms with Gasteiger partial charge in [0.15, 0.2) is 0 Å². The van der Waals surface area contributed by atoms with Crippen LogP contribution in [0, 0.1) is 0 Å². The molecule has 2 nitrogen and oxygen atoms in total. The van der Waals surface area contributed by atoms with Crippen molar-refractivity contribution in [1.29, 1.82) is 0 Å². The summed E-state index contributed by atoms with van der Waals surface area (Å²) < 4.78 is 77.3. The van der Waals surface area contributed by atoms with Crippen LogP contribution in [0.15, 0.2) is 48.5 Å². The molecule has 2 aromatic carbocycles. The summed E-state index contributed by atoms with van der Waals surface area (Å²) in [5.74, 6) is 0. The maximum atomic E-state index is 12.9. The highest BCUT2D eigenvalue weighted by Gasteiger charge is 2.37. The lowest BCUT2D eigenvalue weighted by Crippen LogP contribution is -2.29. The summed E-state index contributed by atoms with van der Waals surface area (Å²) in [6.45, 7) is 0. The Labute approximate surface area is 152 Å². The Bertz CT molecular complexity index is 685. The number of aliphatic hydroxyl groups is 1. The number of rotatable bonds is 4. The van der Waals surface area contributed by atoms with Crippen LogP contribution in [-0.4, -0.2) is 11.2 Å². The fourth-order valence-corrected chi connectivity index (χ4v) is 2.38. The van der Waals surface area contributed by atoms with Crippen molar-refractivity contribution in [2.24, 2.45) is 5.73 Å². The van der Waals surface area contributed by atoms with Gasteiger partial charge in [0.1, 0.15) is 0 Å². The summed E-state index contributed by atoms with van der Waals surface area (Å²) >= 11 is 0. The molecular formula is C17H16ClF6NO. The van der Waals surface area contributed by atoms with E-state index in [9.17, 15) is 31.4 Å². The number of alkyl halides is 6. The van der Waals surface area contributed by atoms with E-state index in [-0.39, 0.29) is 24.9 Å². The van der Waals surface area contributed by atoms with Crippen LogP contribution < -0.4 is 5.73 Å². The van der Waals surface area contributed by atoms with Gasteiger partial charge < -0.3 is 10.8 Å². The van der Waals surface area contributed by atoms with Gasteiger partial charge in [0.05, 0.1) is 23.3 Å². The summed E-state index contributed by atoms with van der Waals surface area (Å²) in [5, 5.41) is 10.1. The van der Waals surface area contributed by atoms with Crippen molar-refractivity contribution in [3.8, 4) is 0 Å². The molecule has 3 N–H and O–H groups in total. The molecule has 0 aliphatic rings. The second kappa shape index (κ2) is 8.28. The highest BCUT2D eigenvalue weighted by atomic mass is 35.5. The SMILES string of the molecule is Cl.N[C@@H](c1cc(C(F)(F)F)cc(C(F)(F)F)c1)[C@H](O)Cc1ccccc1. The molecule has 2 atom stereocenters. The minimum absolute atomic E-state index is 0. The molecule has 2 aromatic rings. The van der Waals surface area contributed by atoms with E-state index in [1.807, 2.05) is 0 Å². The first kappa shape index (κ1) is 22.3. The van der Waals surface area contributed by atoms with Crippen molar-refractivity contribution in [1.82, 2.24) is 0 Å². The van der Waals surface area contributed by atoms with Crippen LogP contribution in [0.2, 0.25) is 0 Å². The van der Waals surface area contributed by atoms with Crippen LogP contribution in [0.1, 0.15) is 28.3 Å². The number of benzene rings is 2. The summed E-state index contributed by atoms with van der Waals surface area (Å²) in [7, 11) is 0. The van der Waals surface area contributed by atoms with E-state index >= 15 is 0 Å². The normalized spacial score (nSPS) is 14.5. The number of halogens is 7. The average molecular weight is 400 g/mol. The van der Waals surface area contributed by atoms with Gasteiger partial charge in [0, 0.05) is 6.42 Å². The molecule has 0 aromatic heterocycles. The third kappa shape index (κ3) is 5.62. The lowest BCUT2D eigenvalue weighted by atomic mass is 9.93. The molecule has 0 aliphatic carbocycles. The van der Waals surface area contributed by atoms with Gasteiger partial charge in [-0.05, 0) is 29.3 Å². The molecule has 2 rings (SSSR count). The van der Waals surface area contributed by atoms with Gasteiger partial charge >= 0.3 is 12.4 Å². The van der Waals surface area contributed by atoms with E-state index in [0.717, 1.165) is 0 Å². The van der Waals surface area contributed by atoms with Crippen molar-refractivity contribution in [2.45, 2.75) is 30.9 Å². The summed E-state index contributed by atoms with van der Waals surface area (Å²) in [6.07, 6.45) is -11.3. The van der Waals surface area contributed by atoms with Gasteiger partial charge in [-0.1, -0.05) is 30.3 Å². The Balaban J connectivity index is 0.00000338. The standard InChI is InChI=1S/C17H15F6NO.ClH/c18-16(19,20)12-7-11(8-13(9-12)17(21,22)23)15(24)14(25)6-10-4-2-1-3-5-10;/h1-5,7-9,14-15,25H,6,24H2;1H/t14-,15+;/m1./s1. The topological polar surface area (TPSA) is 46.2 Å². The van der Waals surface area contributed by atoms with E-state index in [1.165, 1.54) is 0 Å². The lowest BCUT2D eigenvalue weighted by molar-refractivity contribution is -0.143. The van der Waals surface area contributed by atoms with Crippen LogP contribution in [-0.2, 0) is 18.8 Å². The molecule has 0 fully saturated rings. The Kier molecular flexibility index (Phi) is 7.09. The second-order valence-corrected chi connectivity index (χ2v) is 5.62. The summed E-state index contributed by atoms with van der Waals surface area (Å²) in [4.78, 5) is 0. The van der Waals surface area contributed by atoms with E-state index < -0.39 is 41.2 Å². The first-order valence-electron chi connectivity index (χ1n) is 7.25. The largest absolute Gasteiger partial charge is 0.416 e. The molecule has 0 spiro atoms. The Morgan fingerprint density at radius 3 is 1.73 bits per heavy atom. The number of hydrogen-bond donors (Lipinski definition) is 2. The predicted octanol–water partition coefficient (Wildman–Crippen LogP) is 4.75. The van der Waals surface area contributed by atoms with Crippen molar-refractivity contribution in [3.05, 3.63) is 70.8 Å². The fraction of sp³-hybridized carbons (Fsp3) is 0.294. The predicted molar refractivity (Wildman–Crippen MR) is 86.8 cm³/mol. The van der Waals surface area contributed by atoms with Crippen LogP contribution in [0.5, 0.6) is 0 Å². The molecule has 0 saturated heterocycles. The van der Waals surface area contributed by atoms with Gasteiger partial charge in [-0.2, -0.15) is 26.3 Å². The van der Waals surface area contributed by atoms with Crippen LogP contribution in [0.4, 0.5) is 26.3 Å². The third-order valence-electron chi connectivity index (χ3n) is 3.70. The monoisotopic (exact) mass is 399 g/mol. The van der Waals surface area contributed by atoms with E-state index in [4.69, 9.17) is 5.73 Å². The van der Waals surface area contributed by atoms with Crippen LogP contribution in [0.25, 0.3) is 0 Å². The van der Waals surface area contributed by atoms with Gasteiger partial charge in [0.25, 0.3) is 0 Å². The van der Waals surface area contributed by atoms with Crippen molar-refractivity contribution in [2.75, 3.05) is 0 Å². The van der Waals surface area contributed by atoms with Crippen molar-refractivity contribution in [3.63, 3.8) is 0 Å². The summed E-state index contributed by atoms with van der Waals surface area (Å²) in [5.41, 5.74) is 3.04. The smallest absolute Gasteiger partial charge is 0.391 e. The minimum Gasteiger partial charge on any atom is -0.391 e. The number of aliphatic hydroxyl groups excluding tert-OH is 1. The molecule has 0 aliphatic heterocycles. The number of nitrogens with two attached hydrogens (primary N) is 1. The van der Waals surface area contributed by atoms with E-state index in [0.29, 0.717) is 17.7 Å². The molecule has 0 radical (unpaired) electrons. The van der Waals surface area contributed by atoms with Crippen molar-refractivity contribution < 1.29 is 31.4 Å². The molecule has 0 heterocycles. The highest BCUT2D eigenvalue weighted by molar-refractivity contribution is 5.85. The number of hydrogen-bond acceptors (Lipinski definition) is 2. The summed E-state index contributed by atoms with van der Waals surface area (Å²) in [6, 6.07) is 8.16. The van der Waals surface area contributed by atoms with Gasteiger partial charge in [-0.25, -0.2) is 0 Å². The van der Waals surface area contributed by atoms with E-state index in [2.05, 4.69) is 0 Å². The first-order chi connectivity index (χ1) is 11.5. The van der Waals surface area contributed by atoms with Gasteiger partial charge in [-0.3, -0.25) is 0 Å². The third-order valence-corrected chi connectivity index (χ3v) is 3.70. The minimum atomic E-state index is -4.96. The zero-order chi connectivity index (χ0) is 18.8. The second-order valence-electron chi connectivity index (χ2n) is 5.62. The van der Waals surface area contributed by atoms with Crippen LogP contribution in [0.3, 0.4) is 0 Å². The molecule has 0 amide bonds. The first-order valence-corrected chi connectivity index (χ1v) is 7.25.